The molecular weight excluding hydrogens is 196 g/mol. The van der Waals surface area contributed by atoms with Crippen molar-refractivity contribution in [3.8, 4) is 0 Å². The Balaban J connectivity index is 4.57. The molecule has 0 fully saturated rings. The molecule has 0 spiro atoms. The van der Waals surface area contributed by atoms with Crippen molar-refractivity contribution in [2.24, 2.45) is 11.7 Å². The zero-order valence-electron chi connectivity index (χ0n) is 9.96. The molecule has 0 saturated carbocycles. The van der Waals surface area contributed by atoms with Gasteiger partial charge in [-0.05, 0) is 19.8 Å². The van der Waals surface area contributed by atoms with Crippen LogP contribution in [0.3, 0.4) is 0 Å². The maximum Gasteiger partial charge on any atom is 0.328 e. The maximum absolute atomic E-state index is 11.6. The van der Waals surface area contributed by atoms with Gasteiger partial charge >= 0.3 is 5.97 Å². The predicted molar refractivity (Wildman–Crippen MR) is 57.1 cm³/mol. The van der Waals surface area contributed by atoms with Gasteiger partial charge in [-0.3, -0.25) is 4.79 Å². The number of carbonyl (C=O) groups excluding carboxylic acids is 2. The molecule has 3 N–H and O–H groups in total. The van der Waals surface area contributed by atoms with E-state index in [1.807, 2.05) is 13.8 Å². The number of carbonyl (C=O) groups is 2. The van der Waals surface area contributed by atoms with E-state index in [1.54, 1.807) is 13.8 Å². The van der Waals surface area contributed by atoms with Crippen LogP contribution in [0.25, 0.3) is 0 Å². The Morgan fingerprint density at radius 1 is 1.33 bits per heavy atom. The number of hydrogen-bond donors (Lipinski definition) is 2. The van der Waals surface area contributed by atoms with E-state index in [4.69, 9.17) is 5.73 Å². The van der Waals surface area contributed by atoms with E-state index in [1.165, 1.54) is 7.11 Å². The highest BCUT2D eigenvalue weighted by Crippen LogP contribution is 2.06. The van der Waals surface area contributed by atoms with Gasteiger partial charge in [-0.25, -0.2) is 4.79 Å². The van der Waals surface area contributed by atoms with Crippen molar-refractivity contribution in [3.63, 3.8) is 0 Å². The summed E-state index contributed by atoms with van der Waals surface area (Å²) in [6.45, 7) is 6.81. The number of methoxy groups -OCH3 is 1. The quantitative estimate of drug-likeness (QED) is 0.650. The first-order valence-electron chi connectivity index (χ1n) is 4.87. The average molecular weight is 216 g/mol. The lowest BCUT2D eigenvalue weighted by Crippen LogP contribution is -2.55. The van der Waals surface area contributed by atoms with Crippen LogP contribution in [-0.4, -0.2) is 30.6 Å². The molecule has 15 heavy (non-hydrogen) atoms. The number of amides is 1. The van der Waals surface area contributed by atoms with Crippen LogP contribution in [0.2, 0.25) is 0 Å². The summed E-state index contributed by atoms with van der Waals surface area (Å²) in [6.07, 6.45) is 0. The van der Waals surface area contributed by atoms with Crippen molar-refractivity contribution >= 4 is 11.9 Å². The minimum Gasteiger partial charge on any atom is -0.467 e. The van der Waals surface area contributed by atoms with Crippen LogP contribution in [0.4, 0.5) is 0 Å². The highest BCUT2D eigenvalue weighted by molar-refractivity contribution is 5.89. The smallest absolute Gasteiger partial charge is 0.328 e. The lowest BCUT2D eigenvalue weighted by Gasteiger charge is -2.24. The van der Waals surface area contributed by atoms with Gasteiger partial charge in [-0.2, -0.15) is 0 Å². The first-order chi connectivity index (χ1) is 6.70. The number of hydrogen-bond acceptors (Lipinski definition) is 4. The van der Waals surface area contributed by atoms with Gasteiger partial charge in [0.2, 0.25) is 5.91 Å². The maximum atomic E-state index is 11.6. The fourth-order valence-electron chi connectivity index (χ4n) is 0.952. The third-order valence-corrected chi connectivity index (χ3v) is 1.99. The molecule has 1 unspecified atom stereocenters. The molecule has 0 aliphatic heterocycles. The van der Waals surface area contributed by atoms with Crippen LogP contribution in [0.1, 0.15) is 27.7 Å². The normalized spacial score (nSPS) is 13.5. The summed E-state index contributed by atoms with van der Waals surface area (Å²) in [7, 11) is 1.29. The molecule has 0 aromatic carbocycles. The van der Waals surface area contributed by atoms with Gasteiger partial charge in [-0.1, -0.05) is 13.8 Å². The molecule has 88 valence electrons. The van der Waals surface area contributed by atoms with Crippen LogP contribution >= 0.6 is 0 Å². The van der Waals surface area contributed by atoms with Gasteiger partial charge in [-0.15, -0.1) is 0 Å². The van der Waals surface area contributed by atoms with Crippen molar-refractivity contribution in [1.29, 1.82) is 0 Å². The molecule has 5 heteroatoms. The summed E-state index contributed by atoms with van der Waals surface area (Å²) in [4.78, 5) is 22.9. The van der Waals surface area contributed by atoms with Crippen LogP contribution in [0.5, 0.6) is 0 Å². The lowest BCUT2D eigenvalue weighted by molar-refractivity contribution is -0.146. The van der Waals surface area contributed by atoms with Crippen LogP contribution in [-0.2, 0) is 14.3 Å². The summed E-state index contributed by atoms with van der Waals surface area (Å²) >= 11 is 0. The molecule has 0 saturated heterocycles. The molecule has 5 nitrogen and oxygen atoms in total. The monoisotopic (exact) mass is 216 g/mol. The molecular formula is C10H20N2O3. The Kier molecular flexibility index (Phi) is 4.74. The van der Waals surface area contributed by atoms with Gasteiger partial charge in [0, 0.05) is 0 Å². The second kappa shape index (κ2) is 5.11. The van der Waals surface area contributed by atoms with Gasteiger partial charge in [0.1, 0.15) is 6.04 Å². The van der Waals surface area contributed by atoms with Gasteiger partial charge in [0.15, 0.2) is 0 Å². The number of ether oxygens (including phenoxy) is 1. The largest absolute Gasteiger partial charge is 0.467 e. The predicted octanol–water partition coefficient (Wildman–Crippen LogP) is 0.0375. The molecule has 0 rings (SSSR count). The molecule has 0 aliphatic rings. The average Bonchev–Trinajstić information content (AvgIpc) is 2.10. The Bertz CT molecular complexity index is 244. The zero-order valence-corrected chi connectivity index (χ0v) is 9.96. The first kappa shape index (κ1) is 13.9. The highest BCUT2D eigenvalue weighted by atomic mass is 16.5. The third kappa shape index (κ3) is 4.29. The Hall–Kier alpha value is -1.10. The molecule has 0 aromatic rings. The summed E-state index contributed by atoms with van der Waals surface area (Å²) in [5.74, 6) is -0.863. The first-order valence-corrected chi connectivity index (χ1v) is 4.87. The Morgan fingerprint density at radius 2 is 1.80 bits per heavy atom. The fraction of sp³-hybridized carbons (Fsp3) is 0.800. The molecule has 1 amide bonds. The summed E-state index contributed by atoms with van der Waals surface area (Å²) < 4.78 is 4.59. The van der Waals surface area contributed by atoms with E-state index in [2.05, 4.69) is 10.1 Å². The van der Waals surface area contributed by atoms with E-state index in [0.717, 1.165) is 0 Å². The van der Waals surface area contributed by atoms with Gasteiger partial charge in [0.05, 0.1) is 12.6 Å². The summed E-state index contributed by atoms with van der Waals surface area (Å²) in [5.41, 5.74) is 4.61. The van der Waals surface area contributed by atoms with Crippen LogP contribution < -0.4 is 11.1 Å². The molecule has 0 radical (unpaired) electrons. The Morgan fingerprint density at radius 3 is 2.07 bits per heavy atom. The van der Waals surface area contributed by atoms with E-state index in [9.17, 15) is 9.59 Å². The molecule has 1 atom stereocenters. The van der Waals surface area contributed by atoms with Crippen molar-refractivity contribution in [3.05, 3.63) is 0 Å². The standard InChI is InChI=1S/C10H20N2O3/c1-6(2)7(8(13)15-5)12-9(14)10(3,4)11/h6-7H,11H2,1-5H3,(H,12,14). The SMILES string of the molecule is COC(=O)C(NC(=O)C(C)(C)N)C(C)C. The Labute approximate surface area is 90.4 Å². The summed E-state index contributed by atoms with van der Waals surface area (Å²) in [6, 6.07) is -0.648. The van der Waals surface area contributed by atoms with E-state index in [-0.39, 0.29) is 11.8 Å². The minimum atomic E-state index is -0.999. The molecule has 0 heterocycles. The second-order valence-corrected chi connectivity index (χ2v) is 4.44. The van der Waals surface area contributed by atoms with Gasteiger partial charge < -0.3 is 15.8 Å². The lowest BCUT2D eigenvalue weighted by atomic mass is 10.0. The van der Waals surface area contributed by atoms with E-state index in [0.29, 0.717) is 0 Å². The van der Waals surface area contributed by atoms with E-state index < -0.39 is 17.6 Å². The van der Waals surface area contributed by atoms with E-state index >= 15 is 0 Å². The topological polar surface area (TPSA) is 81.4 Å². The van der Waals surface area contributed by atoms with Crippen molar-refractivity contribution in [2.45, 2.75) is 39.3 Å². The van der Waals surface area contributed by atoms with Crippen molar-refractivity contribution in [2.75, 3.05) is 7.11 Å². The number of rotatable bonds is 4. The zero-order chi connectivity index (χ0) is 12.2. The summed E-state index contributed by atoms with van der Waals surface area (Å²) in [5, 5.41) is 2.57. The number of esters is 1. The highest BCUT2D eigenvalue weighted by Gasteiger charge is 2.30. The van der Waals surface area contributed by atoms with Crippen LogP contribution in [0.15, 0.2) is 0 Å². The van der Waals surface area contributed by atoms with Crippen molar-refractivity contribution in [1.82, 2.24) is 5.32 Å². The van der Waals surface area contributed by atoms with Crippen molar-refractivity contribution < 1.29 is 14.3 Å². The third-order valence-electron chi connectivity index (χ3n) is 1.99. The second-order valence-electron chi connectivity index (χ2n) is 4.44. The number of nitrogens with two attached hydrogens (primary N) is 1. The van der Waals surface area contributed by atoms with Gasteiger partial charge in [0.25, 0.3) is 0 Å². The van der Waals surface area contributed by atoms with Crippen LogP contribution in [0, 0.1) is 5.92 Å². The molecule has 0 aromatic heterocycles. The minimum absolute atomic E-state index is 0.0382. The fourth-order valence-corrected chi connectivity index (χ4v) is 0.952. The molecule has 0 bridgehead atoms. The molecule has 0 aliphatic carbocycles. The number of nitrogens with one attached hydrogen (secondary N) is 1.